The van der Waals surface area contributed by atoms with Crippen LogP contribution >= 0.6 is 11.6 Å². The summed E-state index contributed by atoms with van der Waals surface area (Å²) in [5, 5.41) is 0.728. The molecule has 2 rings (SSSR count). The van der Waals surface area contributed by atoms with Gasteiger partial charge in [0.2, 0.25) is 0 Å². The van der Waals surface area contributed by atoms with E-state index in [9.17, 15) is 4.21 Å². The molecule has 1 aromatic rings. The fourth-order valence-corrected chi connectivity index (χ4v) is 3.91. The summed E-state index contributed by atoms with van der Waals surface area (Å²) in [4.78, 5) is 0. The Labute approximate surface area is 109 Å². The normalized spacial score (nSPS) is 26.0. The first kappa shape index (κ1) is 12.9. The summed E-state index contributed by atoms with van der Waals surface area (Å²) in [6, 6.07) is 5.29. The molecule has 0 saturated carbocycles. The summed E-state index contributed by atoms with van der Waals surface area (Å²) in [7, 11) is -0.960. The summed E-state index contributed by atoms with van der Waals surface area (Å²) in [5.41, 5.74) is 7.20. The third-order valence-electron chi connectivity index (χ3n) is 3.01. The predicted octanol–water partition coefficient (Wildman–Crippen LogP) is 2.35. The van der Waals surface area contributed by atoms with Gasteiger partial charge in [0.05, 0.1) is 17.1 Å². The van der Waals surface area contributed by atoms with Crippen LogP contribution in [-0.4, -0.2) is 22.2 Å². The lowest BCUT2D eigenvalue weighted by atomic mass is 10.2. The molecule has 1 aliphatic rings. The monoisotopic (exact) mass is 273 g/mol. The minimum Gasteiger partial charge on any atom is -0.399 e. The lowest BCUT2D eigenvalue weighted by Gasteiger charge is -2.14. The van der Waals surface area contributed by atoms with Gasteiger partial charge in [-0.2, -0.15) is 0 Å². The van der Waals surface area contributed by atoms with Crippen molar-refractivity contribution in [2.24, 2.45) is 0 Å². The number of nitrogens with two attached hydrogens (primary N) is 1. The van der Waals surface area contributed by atoms with E-state index in [0.717, 1.165) is 12.0 Å². The molecular formula is C12H16ClNO2S. The Bertz CT molecular complexity index is 439. The van der Waals surface area contributed by atoms with Crippen molar-refractivity contribution in [3.63, 3.8) is 0 Å². The van der Waals surface area contributed by atoms with Gasteiger partial charge in [-0.05, 0) is 37.1 Å². The Balaban J connectivity index is 2.10. The second-order valence-corrected chi connectivity index (χ2v) is 6.34. The average Bonchev–Trinajstić information content (AvgIpc) is 2.70. The van der Waals surface area contributed by atoms with Crippen molar-refractivity contribution < 1.29 is 8.95 Å². The molecule has 17 heavy (non-hydrogen) atoms. The molecule has 0 aromatic heterocycles. The van der Waals surface area contributed by atoms with E-state index in [4.69, 9.17) is 22.1 Å². The van der Waals surface area contributed by atoms with Gasteiger partial charge in [-0.1, -0.05) is 11.6 Å². The van der Waals surface area contributed by atoms with Crippen LogP contribution in [0.3, 0.4) is 0 Å². The van der Waals surface area contributed by atoms with Crippen molar-refractivity contribution in [2.45, 2.75) is 30.5 Å². The van der Waals surface area contributed by atoms with E-state index in [0.29, 0.717) is 23.1 Å². The van der Waals surface area contributed by atoms with Gasteiger partial charge in [0.1, 0.15) is 0 Å². The van der Waals surface area contributed by atoms with Crippen LogP contribution in [0.15, 0.2) is 18.2 Å². The lowest BCUT2D eigenvalue weighted by molar-refractivity contribution is 0.127. The van der Waals surface area contributed by atoms with Crippen LogP contribution in [0.4, 0.5) is 5.69 Å². The highest BCUT2D eigenvalue weighted by atomic mass is 35.5. The van der Waals surface area contributed by atoms with Crippen molar-refractivity contribution in [1.29, 1.82) is 0 Å². The molecular weight excluding hydrogens is 258 g/mol. The summed E-state index contributed by atoms with van der Waals surface area (Å²) in [5.74, 6) is 0.447. The Morgan fingerprint density at radius 2 is 2.35 bits per heavy atom. The van der Waals surface area contributed by atoms with Crippen LogP contribution in [0.25, 0.3) is 0 Å². The molecule has 0 bridgehead atoms. The molecule has 3 unspecified atom stereocenters. The third-order valence-corrected chi connectivity index (χ3v) is 5.27. The molecule has 1 saturated heterocycles. The van der Waals surface area contributed by atoms with E-state index in [1.807, 2.05) is 6.92 Å². The molecule has 0 amide bonds. The lowest BCUT2D eigenvalue weighted by Crippen LogP contribution is -2.24. The van der Waals surface area contributed by atoms with Gasteiger partial charge in [-0.15, -0.1) is 0 Å². The molecule has 1 heterocycles. The number of rotatable bonds is 3. The number of halogens is 1. The van der Waals surface area contributed by atoms with Crippen LogP contribution in [0.1, 0.15) is 18.9 Å². The van der Waals surface area contributed by atoms with E-state index in [-0.39, 0.29) is 11.4 Å². The van der Waals surface area contributed by atoms with E-state index in [2.05, 4.69) is 0 Å². The quantitative estimate of drug-likeness (QED) is 0.860. The first-order valence-corrected chi connectivity index (χ1v) is 7.36. The van der Waals surface area contributed by atoms with Crippen LogP contribution in [0.5, 0.6) is 0 Å². The topological polar surface area (TPSA) is 52.3 Å². The van der Waals surface area contributed by atoms with Gasteiger partial charge in [-0.3, -0.25) is 4.21 Å². The summed E-state index contributed by atoms with van der Waals surface area (Å²) in [6.45, 7) is 2.67. The molecule has 2 N–H and O–H groups in total. The number of benzene rings is 1. The summed E-state index contributed by atoms with van der Waals surface area (Å²) in [6.07, 6.45) is 0.920. The number of nitrogen functional groups attached to an aromatic ring is 1. The molecule has 5 heteroatoms. The number of hydrogen-bond acceptors (Lipinski definition) is 3. The van der Waals surface area contributed by atoms with Crippen molar-refractivity contribution in [2.75, 3.05) is 12.3 Å². The van der Waals surface area contributed by atoms with E-state index in [1.54, 1.807) is 18.2 Å². The van der Waals surface area contributed by atoms with Crippen LogP contribution < -0.4 is 5.73 Å². The molecule has 1 aliphatic heterocycles. The number of anilines is 1. The van der Waals surface area contributed by atoms with Gasteiger partial charge in [0.15, 0.2) is 0 Å². The molecule has 3 atom stereocenters. The maximum atomic E-state index is 12.2. The predicted molar refractivity (Wildman–Crippen MR) is 71.5 cm³/mol. The third kappa shape index (κ3) is 3.00. The minimum atomic E-state index is -0.960. The Morgan fingerprint density at radius 1 is 1.59 bits per heavy atom. The van der Waals surface area contributed by atoms with Crippen molar-refractivity contribution in [3.8, 4) is 0 Å². The van der Waals surface area contributed by atoms with Gasteiger partial charge in [0.25, 0.3) is 0 Å². The van der Waals surface area contributed by atoms with Crippen LogP contribution in [-0.2, 0) is 21.3 Å². The molecule has 94 valence electrons. The largest absolute Gasteiger partial charge is 0.399 e. The van der Waals surface area contributed by atoms with Crippen LogP contribution in [0, 0.1) is 0 Å². The molecule has 0 spiro atoms. The van der Waals surface area contributed by atoms with E-state index in [1.165, 1.54) is 0 Å². The smallest absolute Gasteiger partial charge is 0.0691 e. The van der Waals surface area contributed by atoms with Crippen molar-refractivity contribution in [1.82, 2.24) is 0 Å². The Morgan fingerprint density at radius 3 is 3.00 bits per heavy atom. The molecule has 0 aliphatic carbocycles. The zero-order chi connectivity index (χ0) is 12.4. The highest BCUT2D eigenvalue weighted by molar-refractivity contribution is 7.84. The fraction of sp³-hybridized carbons (Fsp3) is 0.500. The van der Waals surface area contributed by atoms with Gasteiger partial charge in [0, 0.05) is 28.1 Å². The van der Waals surface area contributed by atoms with Gasteiger partial charge < -0.3 is 10.5 Å². The zero-order valence-electron chi connectivity index (χ0n) is 9.69. The first-order chi connectivity index (χ1) is 8.08. The summed E-state index contributed by atoms with van der Waals surface area (Å²) < 4.78 is 17.6. The zero-order valence-corrected chi connectivity index (χ0v) is 11.3. The second-order valence-electron chi connectivity index (χ2n) is 4.28. The van der Waals surface area contributed by atoms with Gasteiger partial charge in [-0.25, -0.2) is 0 Å². The maximum absolute atomic E-state index is 12.2. The standard InChI is InChI=1S/C12H16ClNO2S/c1-8-12(4-5-16-8)17(15)7-9-6-10(14)2-3-11(9)13/h2-3,6,8,12H,4-5,7,14H2,1H3. The Kier molecular flexibility index (Phi) is 4.07. The summed E-state index contributed by atoms with van der Waals surface area (Å²) >= 11 is 6.06. The Hall–Kier alpha value is -0.580. The van der Waals surface area contributed by atoms with E-state index >= 15 is 0 Å². The molecule has 1 fully saturated rings. The van der Waals surface area contributed by atoms with Crippen LogP contribution in [0.2, 0.25) is 5.02 Å². The first-order valence-electron chi connectivity index (χ1n) is 5.60. The fourth-order valence-electron chi connectivity index (χ4n) is 2.02. The minimum absolute atomic E-state index is 0.0654. The second kappa shape index (κ2) is 5.38. The van der Waals surface area contributed by atoms with Crippen molar-refractivity contribution in [3.05, 3.63) is 28.8 Å². The SMILES string of the molecule is CC1OCCC1S(=O)Cc1cc(N)ccc1Cl. The highest BCUT2D eigenvalue weighted by Crippen LogP contribution is 2.25. The highest BCUT2D eigenvalue weighted by Gasteiger charge is 2.29. The van der Waals surface area contributed by atoms with E-state index < -0.39 is 10.8 Å². The van der Waals surface area contributed by atoms with Crippen molar-refractivity contribution >= 4 is 28.1 Å². The average molecular weight is 274 g/mol. The number of ether oxygens (including phenoxy) is 1. The molecule has 1 aromatic carbocycles. The number of hydrogen-bond donors (Lipinski definition) is 1. The molecule has 3 nitrogen and oxygen atoms in total. The van der Waals surface area contributed by atoms with Gasteiger partial charge >= 0.3 is 0 Å². The maximum Gasteiger partial charge on any atom is 0.0691 e. The molecule has 0 radical (unpaired) electrons.